The summed E-state index contributed by atoms with van der Waals surface area (Å²) in [5.74, 6) is 0.755. The van der Waals surface area contributed by atoms with Gasteiger partial charge >= 0.3 is 5.97 Å². The van der Waals surface area contributed by atoms with E-state index in [0.717, 1.165) is 46.3 Å². The number of hydrogen-bond donors (Lipinski definition) is 1. The average Bonchev–Trinajstić information content (AvgIpc) is 3.55. The van der Waals surface area contributed by atoms with Gasteiger partial charge in [0.1, 0.15) is 5.75 Å². The largest absolute Gasteiger partial charge is 0.490 e. The molecule has 198 valence electrons. The molecule has 1 saturated carbocycles. The molecule has 4 nitrogen and oxygen atoms in total. The molecule has 0 saturated heterocycles. The van der Waals surface area contributed by atoms with Gasteiger partial charge in [0.2, 0.25) is 0 Å². The number of aryl methyl sites for hydroxylation is 1. The maximum Gasteiger partial charge on any atom is 0.306 e. The number of aromatic amines is 1. The zero-order chi connectivity index (χ0) is 26.7. The topological polar surface area (TPSA) is 51.3 Å². The molecule has 3 aromatic carbocycles. The number of benzene rings is 3. The van der Waals surface area contributed by atoms with Gasteiger partial charge in [0, 0.05) is 22.2 Å². The molecule has 0 unspecified atom stereocenters. The Morgan fingerprint density at radius 2 is 1.55 bits per heavy atom. The molecular formula is C34H39NO3. The van der Waals surface area contributed by atoms with E-state index in [1.807, 2.05) is 6.92 Å². The van der Waals surface area contributed by atoms with E-state index in [1.54, 1.807) is 0 Å². The van der Waals surface area contributed by atoms with Crippen molar-refractivity contribution in [3.05, 3.63) is 78.0 Å². The molecule has 0 bridgehead atoms. The Bertz CT molecular complexity index is 1380. The highest BCUT2D eigenvalue weighted by Gasteiger charge is 2.19. The van der Waals surface area contributed by atoms with Crippen LogP contribution in [0.3, 0.4) is 0 Å². The minimum atomic E-state index is -0.169. The fraction of sp³-hybridized carbons (Fsp3) is 0.382. The van der Waals surface area contributed by atoms with Gasteiger partial charge < -0.3 is 14.5 Å². The van der Waals surface area contributed by atoms with Crippen LogP contribution in [0.4, 0.5) is 0 Å². The standard InChI is InChI=1S/C34H39NO3/c1-5-37-32(36)21-20-31-33(24-12-17-28(18-13-24)38-27-8-6-7-9-27)29-22-25(14-19-30(29)35-31)23-10-15-26(16-11-23)34(2,3)4/h10-19,22,27,35H,5-9,20-21H2,1-4H3. The Kier molecular flexibility index (Phi) is 7.60. The average molecular weight is 510 g/mol. The van der Waals surface area contributed by atoms with E-state index in [4.69, 9.17) is 9.47 Å². The second-order valence-electron chi connectivity index (χ2n) is 11.4. The quantitative estimate of drug-likeness (QED) is 0.242. The van der Waals surface area contributed by atoms with E-state index in [1.165, 1.54) is 29.5 Å². The van der Waals surface area contributed by atoms with E-state index >= 15 is 0 Å². The SMILES string of the molecule is CCOC(=O)CCc1[nH]c2ccc(-c3ccc(C(C)(C)C)cc3)cc2c1-c1ccc(OC2CCCC2)cc1. The van der Waals surface area contributed by atoms with Crippen LogP contribution in [0.5, 0.6) is 5.75 Å². The summed E-state index contributed by atoms with van der Waals surface area (Å²) in [6, 6.07) is 23.9. The van der Waals surface area contributed by atoms with E-state index < -0.39 is 0 Å². The molecule has 1 N–H and O–H groups in total. The monoisotopic (exact) mass is 509 g/mol. The summed E-state index contributed by atoms with van der Waals surface area (Å²) in [7, 11) is 0. The van der Waals surface area contributed by atoms with Crippen LogP contribution in [0.15, 0.2) is 66.7 Å². The summed E-state index contributed by atoms with van der Waals surface area (Å²) >= 11 is 0. The third-order valence-electron chi connectivity index (χ3n) is 7.59. The van der Waals surface area contributed by atoms with Crippen molar-refractivity contribution in [3.63, 3.8) is 0 Å². The highest BCUT2D eigenvalue weighted by atomic mass is 16.5. The molecule has 1 fully saturated rings. The van der Waals surface area contributed by atoms with Gasteiger partial charge in [-0.15, -0.1) is 0 Å². The van der Waals surface area contributed by atoms with E-state index in [0.29, 0.717) is 25.6 Å². The van der Waals surface area contributed by atoms with Crippen molar-refractivity contribution < 1.29 is 14.3 Å². The van der Waals surface area contributed by atoms with Gasteiger partial charge in [-0.3, -0.25) is 4.79 Å². The number of fused-ring (bicyclic) bond motifs is 1. The first-order valence-electron chi connectivity index (χ1n) is 14.0. The lowest BCUT2D eigenvalue weighted by molar-refractivity contribution is -0.143. The molecule has 0 radical (unpaired) electrons. The van der Waals surface area contributed by atoms with Gasteiger partial charge in [-0.2, -0.15) is 0 Å². The predicted molar refractivity (Wildman–Crippen MR) is 156 cm³/mol. The molecule has 0 aliphatic heterocycles. The van der Waals surface area contributed by atoms with Crippen LogP contribution in [0, 0.1) is 0 Å². The first kappa shape index (κ1) is 26.1. The number of aromatic nitrogens is 1. The predicted octanol–water partition coefficient (Wildman–Crippen LogP) is 8.62. The second-order valence-corrected chi connectivity index (χ2v) is 11.4. The molecule has 0 spiro atoms. The van der Waals surface area contributed by atoms with Crippen LogP contribution in [-0.2, 0) is 21.4 Å². The number of ether oxygens (including phenoxy) is 2. The van der Waals surface area contributed by atoms with Crippen LogP contribution in [0.1, 0.15) is 71.1 Å². The molecule has 4 aromatic rings. The lowest BCUT2D eigenvalue weighted by Gasteiger charge is -2.19. The summed E-state index contributed by atoms with van der Waals surface area (Å²) in [5.41, 5.74) is 8.21. The van der Waals surface area contributed by atoms with Crippen LogP contribution < -0.4 is 4.74 Å². The molecule has 1 aliphatic carbocycles. The third kappa shape index (κ3) is 5.80. The summed E-state index contributed by atoms with van der Waals surface area (Å²) in [6.07, 6.45) is 6.06. The number of hydrogen-bond acceptors (Lipinski definition) is 3. The van der Waals surface area contributed by atoms with Gasteiger partial charge in [-0.05, 0) is 91.0 Å². The Hall–Kier alpha value is -3.53. The number of carbonyl (C=O) groups excluding carboxylic acids is 1. The number of H-pyrrole nitrogens is 1. The second kappa shape index (κ2) is 11.1. The summed E-state index contributed by atoms with van der Waals surface area (Å²) in [4.78, 5) is 15.8. The molecule has 38 heavy (non-hydrogen) atoms. The molecule has 1 aliphatic rings. The molecule has 1 heterocycles. The van der Waals surface area contributed by atoms with Crippen molar-refractivity contribution >= 4 is 16.9 Å². The van der Waals surface area contributed by atoms with Crippen molar-refractivity contribution in [3.8, 4) is 28.0 Å². The van der Waals surface area contributed by atoms with Crippen LogP contribution in [0.25, 0.3) is 33.2 Å². The minimum Gasteiger partial charge on any atom is -0.490 e. The Balaban J connectivity index is 1.51. The minimum absolute atomic E-state index is 0.123. The number of carbonyl (C=O) groups is 1. The van der Waals surface area contributed by atoms with Crippen molar-refractivity contribution in [2.75, 3.05) is 6.61 Å². The lowest BCUT2D eigenvalue weighted by Crippen LogP contribution is -2.10. The third-order valence-corrected chi connectivity index (χ3v) is 7.59. The van der Waals surface area contributed by atoms with Crippen LogP contribution in [-0.4, -0.2) is 23.7 Å². The normalized spacial score (nSPS) is 14.2. The van der Waals surface area contributed by atoms with Crippen molar-refractivity contribution in [1.82, 2.24) is 4.98 Å². The van der Waals surface area contributed by atoms with Gasteiger partial charge in [-0.25, -0.2) is 0 Å². The van der Waals surface area contributed by atoms with E-state index in [2.05, 4.69) is 92.5 Å². The first-order valence-corrected chi connectivity index (χ1v) is 14.0. The Morgan fingerprint density at radius 3 is 2.21 bits per heavy atom. The maximum absolute atomic E-state index is 12.2. The van der Waals surface area contributed by atoms with Crippen LogP contribution >= 0.6 is 0 Å². The summed E-state index contributed by atoms with van der Waals surface area (Å²) < 4.78 is 11.4. The molecule has 0 atom stereocenters. The summed E-state index contributed by atoms with van der Waals surface area (Å²) in [5, 5.41) is 1.16. The van der Waals surface area contributed by atoms with Crippen molar-refractivity contribution in [2.24, 2.45) is 0 Å². The van der Waals surface area contributed by atoms with Crippen molar-refractivity contribution in [1.29, 1.82) is 0 Å². The molecule has 0 amide bonds. The van der Waals surface area contributed by atoms with Gasteiger partial charge in [0.25, 0.3) is 0 Å². The number of nitrogens with one attached hydrogen (secondary N) is 1. The zero-order valence-electron chi connectivity index (χ0n) is 23.1. The van der Waals surface area contributed by atoms with E-state index in [9.17, 15) is 4.79 Å². The smallest absolute Gasteiger partial charge is 0.306 e. The van der Waals surface area contributed by atoms with E-state index in [-0.39, 0.29) is 11.4 Å². The number of rotatable bonds is 8. The van der Waals surface area contributed by atoms with Crippen LogP contribution in [0.2, 0.25) is 0 Å². The maximum atomic E-state index is 12.2. The Morgan fingerprint density at radius 1 is 0.895 bits per heavy atom. The Labute approximate surface area is 226 Å². The lowest BCUT2D eigenvalue weighted by atomic mass is 9.86. The zero-order valence-corrected chi connectivity index (χ0v) is 23.1. The van der Waals surface area contributed by atoms with Crippen molar-refractivity contribution in [2.45, 2.75) is 77.7 Å². The highest BCUT2D eigenvalue weighted by molar-refractivity contribution is 6.00. The fourth-order valence-corrected chi connectivity index (χ4v) is 5.47. The molecular weight excluding hydrogens is 470 g/mol. The number of esters is 1. The molecule has 4 heteroatoms. The van der Waals surface area contributed by atoms with Gasteiger partial charge in [0.15, 0.2) is 0 Å². The van der Waals surface area contributed by atoms with Gasteiger partial charge in [0.05, 0.1) is 19.1 Å². The van der Waals surface area contributed by atoms with Gasteiger partial charge in [-0.1, -0.05) is 63.2 Å². The molecule has 1 aromatic heterocycles. The summed E-state index contributed by atoms with van der Waals surface area (Å²) in [6.45, 7) is 8.96. The fourth-order valence-electron chi connectivity index (χ4n) is 5.47. The highest BCUT2D eigenvalue weighted by Crippen LogP contribution is 2.37. The first-order chi connectivity index (χ1) is 18.3. The molecule has 5 rings (SSSR count).